The standard InChI is InChI=1S/C5H3F6N3O3/c1-16-2(15)3(6,17-5(9,10)11)4(7,8)13-14-12/h1H3. The fourth-order valence-electron chi connectivity index (χ4n) is 0.637. The summed E-state index contributed by atoms with van der Waals surface area (Å²) in [6.45, 7) is 0. The highest BCUT2D eigenvalue weighted by Gasteiger charge is 2.67. The van der Waals surface area contributed by atoms with E-state index in [2.05, 4.69) is 9.47 Å². The maximum Gasteiger partial charge on any atom is 0.525 e. The van der Waals surface area contributed by atoms with Gasteiger partial charge in [-0.15, -0.1) is 13.2 Å². The molecule has 1 atom stereocenters. The molecule has 0 aromatic carbocycles. The summed E-state index contributed by atoms with van der Waals surface area (Å²) < 4.78 is 79.4. The third-order valence-electron chi connectivity index (χ3n) is 1.26. The van der Waals surface area contributed by atoms with Crippen molar-refractivity contribution in [2.75, 3.05) is 7.11 Å². The van der Waals surface area contributed by atoms with Crippen molar-refractivity contribution in [1.29, 1.82) is 0 Å². The molecule has 0 aliphatic heterocycles. The van der Waals surface area contributed by atoms with Gasteiger partial charge in [-0.1, -0.05) is 0 Å². The minimum Gasteiger partial charge on any atom is -0.465 e. The SMILES string of the molecule is COC(=O)C(F)(OC(F)(F)F)C(F)(F)N=[N+]=[N-]. The van der Waals surface area contributed by atoms with Gasteiger partial charge >= 0.3 is 24.2 Å². The molecule has 0 fully saturated rings. The van der Waals surface area contributed by atoms with Crippen molar-refractivity contribution in [3.05, 3.63) is 10.4 Å². The number of hydrogen-bond donors (Lipinski definition) is 0. The molecule has 0 radical (unpaired) electrons. The van der Waals surface area contributed by atoms with E-state index in [0.717, 1.165) is 0 Å². The normalized spacial score (nSPS) is 15.7. The first-order valence-electron chi connectivity index (χ1n) is 3.48. The smallest absolute Gasteiger partial charge is 0.465 e. The molecule has 0 aromatic heterocycles. The van der Waals surface area contributed by atoms with Gasteiger partial charge in [0.2, 0.25) is 0 Å². The van der Waals surface area contributed by atoms with E-state index < -0.39 is 24.2 Å². The Labute approximate surface area is 88.7 Å². The van der Waals surface area contributed by atoms with Crippen LogP contribution in [0.5, 0.6) is 0 Å². The average molecular weight is 267 g/mol. The van der Waals surface area contributed by atoms with Crippen LogP contribution >= 0.6 is 0 Å². The van der Waals surface area contributed by atoms with Gasteiger partial charge in [0.05, 0.1) is 7.11 Å². The Bertz CT molecular complexity index is 351. The second kappa shape index (κ2) is 4.67. The summed E-state index contributed by atoms with van der Waals surface area (Å²) in [4.78, 5) is 11.9. The zero-order valence-electron chi connectivity index (χ0n) is 7.83. The Morgan fingerprint density at radius 2 is 1.71 bits per heavy atom. The molecule has 0 saturated heterocycles. The number of hydrogen-bond acceptors (Lipinski definition) is 4. The summed E-state index contributed by atoms with van der Waals surface area (Å²) >= 11 is 0. The van der Waals surface area contributed by atoms with Gasteiger partial charge in [-0.05, 0) is 10.6 Å². The van der Waals surface area contributed by atoms with Crippen LogP contribution in [0.3, 0.4) is 0 Å². The Kier molecular flexibility index (Phi) is 4.21. The summed E-state index contributed by atoms with van der Waals surface area (Å²) in [5.41, 5.74) is 7.64. The average Bonchev–Trinajstić information content (AvgIpc) is 2.13. The molecule has 0 amide bonds. The van der Waals surface area contributed by atoms with Gasteiger partial charge in [0, 0.05) is 4.91 Å². The lowest BCUT2D eigenvalue weighted by molar-refractivity contribution is -0.417. The third-order valence-corrected chi connectivity index (χ3v) is 1.26. The summed E-state index contributed by atoms with van der Waals surface area (Å²) in [5, 5.41) is 1.43. The number of methoxy groups -OCH3 is 1. The van der Waals surface area contributed by atoms with E-state index in [1.165, 1.54) is 10.0 Å². The number of carbonyl (C=O) groups is 1. The van der Waals surface area contributed by atoms with Crippen molar-refractivity contribution in [1.82, 2.24) is 0 Å². The molecule has 0 aromatic rings. The molecule has 12 heteroatoms. The van der Waals surface area contributed by atoms with E-state index in [0.29, 0.717) is 7.11 Å². The van der Waals surface area contributed by atoms with Gasteiger partial charge < -0.3 is 4.74 Å². The Morgan fingerprint density at radius 1 is 1.24 bits per heavy atom. The fourth-order valence-corrected chi connectivity index (χ4v) is 0.637. The third kappa shape index (κ3) is 3.39. The quantitative estimate of drug-likeness (QED) is 0.195. The summed E-state index contributed by atoms with van der Waals surface area (Å²) in [6, 6.07) is -5.44. The van der Waals surface area contributed by atoms with Crippen LogP contribution in [0.4, 0.5) is 26.3 Å². The molecule has 0 N–H and O–H groups in total. The summed E-state index contributed by atoms with van der Waals surface area (Å²) in [5.74, 6) is -8.00. The molecule has 17 heavy (non-hydrogen) atoms. The van der Waals surface area contributed by atoms with E-state index >= 15 is 0 Å². The lowest BCUT2D eigenvalue weighted by Gasteiger charge is -2.27. The first-order chi connectivity index (χ1) is 7.50. The van der Waals surface area contributed by atoms with Gasteiger partial charge in [-0.3, -0.25) is 0 Å². The zero-order chi connectivity index (χ0) is 13.9. The maximum atomic E-state index is 13.2. The van der Waals surface area contributed by atoms with Gasteiger partial charge in [0.15, 0.2) is 0 Å². The van der Waals surface area contributed by atoms with Crippen LogP contribution < -0.4 is 0 Å². The predicted molar refractivity (Wildman–Crippen MR) is 37.1 cm³/mol. The first-order valence-corrected chi connectivity index (χ1v) is 3.48. The first kappa shape index (κ1) is 15.3. The molecule has 0 aliphatic rings. The molecular formula is C5H3F6N3O3. The van der Waals surface area contributed by atoms with Crippen LogP contribution in [-0.4, -0.2) is 31.3 Å². The van der Waals surface area contributed by atoms with Crippen molar-refractivity contribution in [2.45, 2.75) is 18.3 Å². The largest absolute Gasteiger partial charge is 0.525 e. The highest BCUT2D eigenvalue weighted by Crippen LogP contribution is 2.40. The van der Waals surface area contributed by atoms with E-state index in [1.807, 2.05) is 0 Å². The van der Waals surface area contributed by atoms with E-state index in [1.54, 1.807) is 0 Å². The zero-order valence-corrected chi connectivity index (χ0v) is 7.83. The predicted octanol–water partition coefficient (Wildman–Crippen LogP) is 2.26. The van der Waals surface area contributed by atoms with E-state index in [-0.39, 0.29) is 0 Å². The van der Waals surface area contributed by atoms with Gasteiger partial charge in [0.1, 0.15) is 0 Å². The van der Waals surface area contributed by atoms with Crippen molar-refractivity contribution >= 4 is 5.97 Å². The Balaban J connectivity index is 5.55. The number of rotatable bonds is 4. The molecule has 0 saturated carbocycles. The van der Waals surface area contributed by atoms with Crippen molar-refractivity contribution in [3.63, 3.8) is 0 Å². The number of nitrogens with zero attached hydrogens (tertiary/aromatic N) is 3. The molecule has 0 rings (SSSR count). The van der Waals surface area contributed by atoms with Crippen molar-refractivity contribution in [3.8, 4) is 0 Å². The topological polar surface area (TPSA) is 84.3 Å². The van der Waals surface area contributed by atoms with Crippen LogP contribution in [0, 0.1) is 0 Å². The number of carbonyl (C=O) groups excluding carboxylic acids is 1. The number of esters is 1. The number of halogens is 6. The Hall–Kier alpha value is -1.68. The van der Waals surface area contributed by atoms with Gasteiger partial charge in [-0.25, -0.2) is 9.53 Å². The lowest BCUT2D eigenvalue weighted by atomic mass is 10.2. The molecule has 0 bridgehead atoms. The van der Waals surface area contributed by atoms with Crippen LogP contribution in [0.2, 0.25) is 0 Å². The number of azide groups is 1. The number of alkyl halides is 6. The van der Waals surface area contributed by atoms with Crippen molar-refractivity contribution < 1.29 is 40.6 Å². The van der Waals surface area contributed by atoms with Crippen LogP contribution in [0.1, 0.15) is 0 Å². The Morgan fingerprint density at radius 3 is 2.00 bits per heavy atom. The minimum atomic E-state index is -5.92. The molecule has 0 heterocycles. The van der Waals surface area contributed by atoms with Gasteiger partial charge in [0.25, 0.3) is 0 Å². The number of ether oxygens (including phenoxy) is 2. The van der Waals surface area contributed by atoms with Crippen LogP contribution in [0.15, 0.2) is 5.11 Å². The van der Waals surface area contributed by atoms with Crippen LogP contribution in [-0.2, 0) is 14.3 Å². The van der Waals surface area contributed by atoms with E-state index in [4.69, 9.17) is 5.53 Å². The maximum absolute atomic E-state index is 13.2. The second-order valence-corrected chi connectivity index (χ2v) is 2.37. The summed E-state index contributed by atoms with van der Waals surface area (Å²) in [7, 11) is 0.336. The monoisotopic (exact) mass is 267 g/mol. The molecule has 98 valence electrons. The molecule has 0 spiro atoms. The lowest BCUT2D eigenvalue weighted by Crippen LogP contribution is -2.54. The van der Waals surface area contributed by atoms with E-state index in [9.17, 15) is 31.1 Å². The molecule has 0 aliphatic carbocycles. The fraction of sp³-hybridized carbons (Fsp3) is 0.800. The molecule has 6 nitrogen and oxygen atoms in total. The van der Waals surface area contributed by atoms with Crippen molar-refractivity contribution in [2.24, 2.45) is 5.11 Å². The van der Waals surface area contributed by atoms with Gasteiger partial charge in [-0.2, -0.15) is 13.2 Å². The second-order valence-electron chi connectivity index (χ2n) is 2.37. The molecule has 1 unspecified atom stereocenters. The minimum absolute atomic E-state index is 0.336. The highest BCUT2D eigenvalue weighted by atomic mass is 19.4. The van der Waals surface area contributed by atoms with Crippen LogP contribution in [0.25, 0.3) is 10.4 Å². The highest BCUT2D eigenvalue weighted by molar-refractivity contribution is 5.79. The molecular weight excluding hydrogens is 264 g/mol. The summed E-state index contributed by atoms with van der Waals surface area (Å²) in [6.07, 6.45) is -5.92.